The van der Waals surface area contributed by atoms with Crippen molar-refractivity contribution in [3.8, 4) is 0 Å². The molecule has 0 radical (unpaired) electrons. The maximum atomic E-state index is 11.6. The molecule has 6 nitrogen and oxygen atoms in total. The van der Waals surface area contributed by atoms with E-state index < -0.39 is 0 Å². The molecule has 1 aliphatic rings. The SMILES string of the molecule is COCCNC(=O)NC[C@H]1CCCN1c1nccs1. The first-order valence-corrected chi connectivity index (χ1v) is 7.36. The van der Waals surface area contributed by atoms with Crippen LogP contribution in [0.5, 0.6) is 0 Å². The quantitative estimate of drug-likeness (QED) is 0.767. The Kier molecular flexibility index (Phi) is 5.41. The lowest BCUT2D eigenvalue weighted by Crippen LogP contribution is -2.44. The van der Waals surface area contributed by atoms with Gasteiger partial charge < -0.3 is 20.3 Å². The van der Waals surface area contributed by atoms with E-state index in [1.807, 2.05) is 11.6 Å². The summed E-state index contributed by atoms with van der Waals surface area (Å²) in [5, 5.41) is 8.68. The van der Waals surface area contributed by atoms with E-state index in [-0.39, 0.29) is 6.03 Å². The van der Waals surface area contributed by atoms with Crippen molar-refractivity contribution in [2.24, 2.45) is 0 Å². The van der Waals surface area contributed by atoms with Crippen LogP contribution in [0.25, 0.3) is 0 Å². The molecule has 1 aliphatic heterocycles. The molecule has 2 amide bonds. The Bertz CT molecular complexity index is 385. The fourth-order valence-corrected chi connectivity index (χ4v) is 2.94. The second-order valence-electron chi connectivity index (χ2n) is 4.43. The van der Waals surface area contributed by atoms with Gasteiger partial charge in [-0.25, -0.2) is 9.78 Å². The van der Waals surface area contributed by atoms with Gasteiger partial charge in [0, 0.05) is 44.4 Å². The molecule has 0 spiro atoms. The Morgan fingerprint density at radius 2 is 2.53 bits per heavy atom. The van der Waals surface area contributed by atoms with E-state index in [0.717, 1.165) is 24.5 Å². The van der Waals surface area contributed by atoms with Crippen molar-refractivity contribution in [1.82, 2.24) is 15.6 Å². The molecule has 0 saturated carbocycles. The first-order chi connectivity index (χ1) is 9.31. The highest BCUT2D eigenvalue weighted by atomic mass is 32.1. The van der Waals surface area contributed by atoms with Crippen LogP contribution in [0.1, 0.15) is 12.8 Å². The van der Waals surface area contributed by atoms with E-state index in [1.165, 1.54) is 0 Å². The number of carbonyl (C=O) groups excluding carboxylic acids is 1. The van der Waals surface area contributed by atoms with Gasteiger partial charge >= 0.3 is 6.03 Å². The molecule has 1 saturated heterocycles. The van der Waals surface area contributed by atoms with Crippen molar-refractivity contribution in [3.05, 3.63) is 11.6 Å². The van der Waals surface area contributed by atoms with Crippen LogP contribution in [0.4, 0.5) is 9.93 Å². The number of rotatable bonds is 6. The third-order valence-electron chi connectivity index (χ3n) is 3.13. The zero-order valence-electron chi connectivity index (χ0n) is 11.1. The number of amides is 2. The van der Waals surface area contributed by atoms with Crippen LogP contribution in [0, 0.1) is 0 Å². The van der Waals surface area contributed by atoms with Crippen molar-refractivity contribution >= 4 is 22.5 Å². The Balaban J connectivity index is 1.74. The molecule has 7 heteroatoms. The lowest BCUT2D eigenvalue weighted by Gasteiger charge is -2.24. The largest absolute Gasteiger partial charge is 0.383 e. The molecule has 19 heavy (non-hydrogen) atoms. The van der Waals surface area contributed by atoms with Crippen molar-refractivity contribution in [1.29, 1.82) is 0 Å². The minimum absolute atomic E-state index is 0.136. The third-order valence-corrected chi connectivity index (χ3v) is 3.94. The molecular weight excluding hydrogens is 264 g/mol. The highest BCUT2D eigenvalue weighted by Gasteiger charge is 2.26. The van der Waals surface area contributed by atoms with Gasteiger partial charge in [-0.15, -0.1) is 11.3 Å². The maximum Gasteiger partial charge on any atom is 0.314 e. The molecule has 2 rings (SSSR count). The van der Waals surface area contributed by atoms with Gasteiger partial charge in [-0.05, 0) is 12.8 Å². The molecule has 2 heterocycles. The first-order valence-electron chi connectivity index (χ1n) is 6.48. The zero-order valence-corrected chi connectivity index (χ0v) is 11.9. The molecular formula is C12H20N4O2S. The standard InChI is InChI=1S/C12H20N4O2S/c1-18-7-4-13-11(17)15-9-10-3-2-6-16(10)12-14-5-8-19-12/h5,8,10H,2-4,6-7,9H2,1H3,(H2,13,15,17)/t10-/m1/s1. The van der Waals surface area contributed by atoms with Crippen LogP contribution in [0.3, 0.4) is 0 Å². The topological polar surface area (TPSA) is 66.5 Å². The average Bonchev–Trinajstić information content (AvgIpc) is 3.07. The first kappa shape index (κ1) is 14.1. The van der Waals surface area contributed by atoms with Gasteiger partial charge in [-0.3, -0.25) is 0 Å². The molecule has 2 N–H and O–H groups in total. The molecule has 0 aromatic carbocycles. The fourth-order valence-electron chi connectivity index (χ4n) is 2.20. The van der Waals surface area contributed by atoms with Crippen LogP contribution in [0.2, 0.25) is 0 Å². The van der Waals surface area contributed by atoms with Crippen LogP contribution in [0.15, 0.2) is 11.6 Å². The molecule has 0 aliphatic carbocycles. The summed E-state index contributed by atoms with van der Waals surface area (Å²) >= 11 is 1.65. The summed E-state index contributed by atoms with van der Waals surface area (Å²) in [4.78, 5) is 18.2. The summed E-state index contributed by atoms with van der Waals surface area (Å²) in [6, 6.07) is 0.211. The summed E-state index contributed by atoms with van der Waals surface area (Å²) < 4.78 is 4.88. The van der Waals surface area contributed by atoms with Crippen molar-refractivity contribution in [2.75, 3.05) is 38.3 Å². The molecule has 0 bridgehead atoms. The number of aromatic nitrogens is 1. The van der Waals surface area contributed by atoms with Crippen molar-refractivity contribution in [3.63, 3.8) is 0 Å². The highest BCUT2D eigenvalue weighted by Crippen LogP contribution is 2.26. The van der Waals surface area contributed by atoms with E-state index in [9.17, 15) is 4.79 Å². The van der Waals surface area contributed by atoms with Crippen LogP contribution in [-0.4, -0.2) is 50.4 Å². The maximum absolute atomic E-state index is 11.6. The van der Waals surface area contributed by atoms with Gasteiger partial charge in [-0.2, -0.15) is 0 Å². The van der Waals surface area contributed by atoms with Crippen LogP contribution in [-0.2, 0) is 4.74 Å². The Morgan fingerprint density at radius 3 is 3.26 bits per heavy atom. The molecule has 1 aromatic heterocycles. The Morgan fingerprint density at radius 1 is 1.63 bits per heavy atom. The van der Waals surface area contributed by atoms with Crippen LogP contribution < -0.4 is 15.5 Å². The van der Waals surface area contributed by atoms with Gasteiger partial charge in [0.25, 0.3) is 0 Å². The van der Waals surface area contributed by atoms with Gasteiger partial charge in [0.15, 0.2) is 5.13 Å². The molecule has 1 aromatic rings. The Labute approximate surface area is 117 Å². The summed E-state index contributed by atoms with van der Waals surface area (Å²) in [5.41, 5.74) is 0. The number of ether oxygens (including phenoxy) is 1. The summed E-state index contributed by atoms with van der Waals surface area (Å²) in [6.45, 7) is 2.73. The molecule has 0 unspecified atom stereocenters. The Hall–Kier alpha value is -1.34. The van der Waals surface area contributed by atoms with Crippen molar-refractivity contribution < 1.29 is 9.53 Å². The van der Waals surface area contributed by atoms with Gasteiger partial charge in [-0.1, -0.05) is 0 Å². The normalized spacial score (nSPS) is 18.6. The predicted octanol–water partition coefficient (Wildman–Crippen LogP) is 1.06. The summed E-state index contributed by atoms with van der Waals surface area (Å²) in [6.07, 6.45) is 4.06. The minimum Gasteiger partial charge on any atom is -0.383 e. The van der Waals surface area contributed by atoms with E-state index in [0.29, 0.717) is 25.7 Å². The van der Waals surface area contributed by atoms with Gasteiger partial charge in [0.05, 0.1) is 6.61 Å². The smallest absolute Gasteiger partial charge is 0.314 e. The summed E-state index contributed by atoms with van der Waals surface area (Å²) in [5.74, 6) is 0. The van der Waals surface area contributed by atoms with Crippen molar-refractivity contribution in [2.45, 2.75) is 18.9 Å². The monoisotopic (exact) mass is 284 g/mol. The van der Waals surface area contributed by atoms with E-state index in [1.54, 1.807) is 18.4 Å². The van der Waals surface area contributed by atoms with E-state index in [4.69, 9.17) is 4.74 Å². The number of hydrogen-bond donors (Lipinski definition) is 2. The second-order valence-corrected chi connectivity index (χ2v) is 5.31. The van der Waals surface area contributed by atoms with E-state index >= 15 is 0 Å². The fraction of sp³-hybridized carbons (Fsp3) is 0.667. The average molecular weight is 284 g/mol. The highest BCUT2D eigenvalue weighted by molar-refractivity contribution is 7.13. The number of anilines is 1. The van der Waals surface area contributed by atoms with Gasteiger partial charge in [0.1, 0.15) is 0 Å². The lowest BCUT2D eigenvalue weighted by molar-refractivity contribution is 0.195. The minimum atomic E-state index is -0.136. The zero-order chi connectivity index (χ0) is 13.5. The number of thiazole rings is 1. The van der Waals surface area contributed by atoms with Gasteiger partial charge in [0.2, 0.25) is 0 Å². The molecule has 106 valence electrons. The lowest BCUT2D eigenvalue weighted by atomic mass is 10.2. The number of methoxy groups -OCH3 is 1. The second kappa shape index (κ2) is 7.30. The number of hydrogen-bond acceptors (Lipinski definition) is 5. The summed E-state index contributed by atoms with van der Waals surface area (Å²) in [7, 11) is 1.62. The number of carbonyl (C=O) groups is 1. The molecule has 1 atom stereocenters. The molecule has 1 fully saturated rings. The predicted molar refractivity (Wildman–Crippen MR) is 75.8 cm³/mol. The third kappa shape index (κ3) is 4.07. The van der Waals surface area contributed by atoms with Crippen LogP contribution >= 0.6 is 11.3 Å². The number of urea groups is 1. The number of nitrogens with one attached hydrogen (secondary N) is 2. The van der Waals surface area contributed by atoms with E-state index in [2.05, 4.69) is 20.5 Å². The number of nitrogens with zero attached hydrogens (tertiary/aromatic N) is 2.